The van der Waals surface area contributed by atoms with E-state index in [0.29, 0.717) is 6.54 Å². The van der Waals surface area contributed by atoms with Gasteiger partial charge in [0, 0.05) is 17.4 Å². The number of nitrogens with zero attached hydrogens (tertiary/aromatic N) is 4. The van der Waals surface area contributed by atoms with Crippen molar-refractivity contribution >= 4 is 11.7 Å². The number of carbonyl (C=O) groups excluding carboxylic acids is 1. The summed E-state index contributed by atoms with van der Waals surface area (Å²) in [7, 11) is 0. The maximum atomic E-state index is 14.1. The molecule has 190 valence electrons. The van der Waals surface area contributed by atoms with Gasteiger partial charge in [0.15, 0.2) is 0 Å². The maximum absolute atomic E-state index is 14.1. The number of fused-ring (bicyclic) bond motifs is 3. The van der Waals surface area contributed by atoms with Crippen molar-refractivity contribution in [2.75, 3.05) is 5.32 Å². The van der Waals surface area contributed by atoms with Crippen LogP contribution in [0.1, 0.15) is 46.6 Å². The summed E-state index contributed by atoms with van der Waals surface area (Å²) < 4.78 is 4.23. The highest BCUT2D eigenvalue weighted by Crippen LogP contribution is 2.39. The number of rotatable bonds is 4. The lowest BCUT2D eigenvalue weighted by molar-refractivity contribution is 0.194. The van der Waals surface area contributed by atoms with Crippen LogP contribution in [0.4, 0.5) is 10.5 Å². The Morgan fingerprint density at radius 2 is 1.58 bits per heavy atom. The van der Waals surface area contributed by atoms with E-state index in [2.05, 4.69) is 78.5 Å². The van der Waals surface area contributed by atoms with Crippen molar-refractivity contribution in [3.8, 4) is 11.5 Å². The van der Waals surface area contributed by atoms with Crippen molar-refractivity contribution in [3.05, 3.63) is 131 Å². The van der Waals surface area contributed by atoms with Gasteiger partial charge in [-0.05, 0) is 62.2 Å². The number of urea groups is 1. The molecule has 5 aromatic rings. The van der Waals surface area contributed by atoms with Gasteiger partial charge in [0.2, 0.25) is 0 Å². The summed E-state index contributed by atoms with van der Waals surface area (Å²) >= 11 is 0. The van der Waals surface area contributed by atoms with Gasteiger partial charge in [-0.1, -0.05) is 72.6 Å². The van der Waals surface area contributed by atoms with Gasteiger partial charge in [-0.25, -0.2) is 9.48 Å². The molecule has 0 saturated carbocycles. The average Bonchev–Trinajstić information content (AvgIpc) is 3.52. The largest absolute Gasteiger partial charge is 0.322 e. The third-order valence-corrected chi connectivity index (χ3v) is 7.26. The predicted octanol–water partition coefficient (Wildman–Crippen LogP) is 6.98. The number of benzene rings is 3. The highest BCUT2D eigenvalue weighted by atomic mass is 16.2. The van der Waals surface area contributed by atoms with Crippen LogP contribution >= 0.6 is 0 Å². The van der Waals surface area contributed by atoms with Crippen LogP contribution in [0.5, 0.6) is 0 Å². The van der Waals surface area contributed by atoms with Gasteiger partial charge in [-0.3, -0.25) is 0 Å². The number of aromatic nitrogens is 3. The van der Waals surface area contributed by atoms with E-state index in [9.17, 15) is 4.79 Å². The fourth-order valence-corrected chi connectivity index (χ4v) is 5.28. The Hall–Kier alpha value is -4.58. The van der Waals surface area contributed by atoms with Crippen LogP contribution in [-0.2, 0) is 13.0 Å². The zero-order chi connectivity index (χ0) is 26.2. The Morgan fingerprint density at radius 3 is 2.26 bits per heavy atom. The molecule has 1 N–H and O–H groups in total. The molecule has 0 fully saturated rings. The first kappa shape index (κ1) is 23.8. The first-order valence-electron chi connectivity index (χ1n) is 13.1. The molecule has 6 nitrogen and oxygen atoms in total. The van der Waals surface area contributed by atoms with Gasteiger partial charge in [-0.2, -0.15) is 5.10 Å². The van der Waals surface area contributed by atoms with Crippen LogP contribution in [-0.4, -0.2) is 25.3 Å². The molecule has 1 aliphatic rings. The molecule has 6 rings (SSSR count). The van der Waals surface area contributed by atoms with E-state index in [1.54, 1.807) is 0 Å². The third kappa shape index (κ3) is 4.18. The lowest BCUT2D eigenvalue weighted by Crippen LogP contribution is -2.38. The van der Waals surface area contributed by atoms with E-state index in [0.717, 1.165) is 51.7 Å². The normalized spacial score (nSPS) is 14.5. The van der Waals surface area contributed by atoms with E-state index in [1.807, 2.05) is 59.0 Å². The fraction of sp³-hybridized carbons (Fsp3) is 0.188. The van der Waals surface area contributed by atoms with Gasteiger partial charge in [0.25, 0.3) is 0 Å². The minimum Gasteiger partial charge on any atom is -0.308 e. The smallest absolute Gasteiger partial charge is 0.308 e. The second-order valence-corrected chi connectivity index (χ2v) is 9.89. The number of para-hydroxylation sites is 1. The van der Waals surface area contributed by atoms with Crippen LogP contribution in [0.3, 0.4) is 0 Å². The van der Waals surface area contributed by atoms with Crippen molar-refractivity contribution in [1.82, 2.24) is 19.2 Å². The molecule has 1 atom stereocenters. The van der Waals surface area contributed by atoms with Crippen molar-refractivity contribution in [2.45, 2.75) is 39.8 Å². The standard InChI is InChI=1S/C32H31N5O/c1-4-28-27-21-36(32(38)33-25-18-14-23(3)15-19-25)30(24-16-12-22(2)13-17-24)29-11-8-20-35(29)31(27)37(34-28)26-9-6-5-7-10-26/h5-20,30H,4,21H2,1-3H3,(H,33,38). The van der Waals surface area contributed by atoms with Gasteiger partial charge in [-0.15, -0.1) is 0 Å². The summed E-state index contributed by atoms with van der Waals surface area (Å²) in [4.78, 5) is 16.0. The molecule has 0 saturated heterocycles. The number of hydrogen-bond acceptors (Lipinski definition) is 2. The van der Waals surface area contributed by atoms with Gasteiger partial charge in [0.05, 0.1) is 29.7 Å². The third-order valence-electron chi connectivity index (χ3n) is 7.26. The first-order chi connectivity index (χ1) is 18.5. The van der Waals surface area contributed by atoms with E-state index in [4.69, 9.17) is 5.10 Å². The lowest BCUT2D eigenvalue weighted by atomic mass is 10.0. The summed E-state index contributed by atoms with van der Waals surface area (Å²) in [5, 5.41) is 8.19. The van der Waals surface area contributed by atoms with E-state index in [1.165, 1.54) is 5.56 Å². The molecule has 2 amide bonds. The van der Waals surface area contributed by atoms with Crippen molar-refractivity contribution < 1.29 is 4.79 Å². The second kappa shape index (κ2) is 9.71. The summed E-state index contributed by atoms with van der Waals surface area (Å²) in [5.74, 6) is 0.982. The van der Waals surface area contributed by atoms with Crippen LogP contribution < -0.4 is 5.32 Å². The molecular formula is C32H31N5O. The van der Waals surface area contributed by atoms with Crippen LogP contribution in [0.15, 0.2) is 97.2 Å². The Labute approximate surface area is 223 Å². The average molecular weight is 502 g/mol. The molecule has 0 bridgehead atoms. The fourth-order valence-electron chi connectivity index (χ4n) is 5.28. The minimum atomic E-state index is -0.280. The number of carbonyl (C=O) groups is 1. The first-order valence-corrected chi connectivity index (χ1v) is 13.1. The van der Waals surface area contributed by atoms with Crippen molar-refractivity contribution in [3.63, 3.8) is 0 Å². The predicted molar refractivity (Wildman–Crippen MR) is 151 cm³/mol. The van der Waals surface area contributed by atoms with Gasteiger partial charge >= 0.3 is 6.03 Å². The zero-order valence-electron chi connectivity index (χ0n) is 21.9. The zero-order valence-corrected chi connectivity index (χ0v) is 21.9. The highest BCUT2D eigenvalue weighted by Gasteiger charge is 2.36. The highest BCUT2D eigenvalue weighted by molar-refractivity contribution is 5.90. The maximum Gasteiger partial charge on any atom is 0.322 e. The molecule has 0 aliphatic carbocycles. The minimum absolute atomic E-state index is 0.144. The van der Waals surface area contributed by atoms with Crippen LogP contribution in [0.25, 0.3) is 11.5 Å². The van der Waals surface area contributed by atoms with Gasteiger partial charge < -0.3 is 14.8 Å². The summed E-state index contributed by atoms with van der Waals surface area (Å²) in [6.45, 7) is 6.68. The number of aryl methyl sites for hydroxylation is 3. The van der Waals surface area contributed by atoms with E-state index < -0.39 is 0 Å². The van der Waals surface area contributed by atoms with Crippen molar-refractivity contribution in [2.24, 2.45) is 0 Å². The Kier molecular flexibility index (Phi) is 6.08. The van der Waals surface area contributed by atoms with Crippen LogP contribution in [0.2, 0.25) is 0 Å². The van der Waals surface area contributed by atoms with E-state index in [-0.39, 0.29) is 12.1 Å². The topological polar surface area (TPSA) is 55.1 Å². The quantitative estimate of drug-likeness (QED) is 0.289. The Bertz CT molecular complexity index is 1580. The monoisotopic (exact) mass is 501 g/mol. The SMILES string of the molecule is CCc1nn(-c2ccccc2)c2c1CN(C(=O)Nc1ccc(C)cc1)C(c1ccc(C)cc1)c1cccn1-2. The summed E-state index contributed by atoms with van der Waals surface area (Å²) in [5.41, 5.74) is 8.24. The van der Waals surface area contributed by atoms with Crippen molar-refractivity contribution in [1.29, 1.82) is 0 Å². The number of amides is 2. The van der Waals surface area contributed by atoms with Crippen LogP contribution in [0, 0.1) is 13.8 Å². The summed E-state index contributed by atoms with van der Waals surface area (Å²) in [6, 6.07) is 30.3. The molecular weight excluding hydrogens is 470 g/mol. The van der Waals surface area contributed by atoms with E-state index >= 15 is 0 Å². The molecule has 3 aromatic carbocycles. The molecule has 0 spiro atoms. The number of anilines is 1. The number of hydrogen-bond donors (Lipinski definition) is 1. The summed E-state index contributed by atoms with van der Waals surface area (Å²) in [6.07, 6.45) is 2.85. The second-order valence-electron chi connectivity index (χ2n) is 9.89. The molecule has 0 radical (unpaired) electrons. The molecule has 1 unspecified atom stereocenters. The Morgan fingerprint density at radius 1 is 0.895 bits per heavy atom. The molecule has 3 heterocycles. The lowest BCUT2D eigenvalue weighted by Gasteiger charge is -2.31. The number of nitrogens with one attached hydrogen (secondary N) is 1. The Balaban J connectivity index is 1.54. The molecule has 1 aliphatic heterocycles. The molecule has 38 heavy (non-hydrogen) atoms. The molecule has 6 heteroatoms. The molecule has 2 aromatic heterocycles. The van der Waals surface area contributed by atoms with Gasteiger partial charge in [0.1, 0.15) is 5.82 Å².